The molecule has 2 aromatic carbocycles. The second-order valence-electron chi connectivity index (χ2n) is 4.56. The van der Waals surface area contributed by atoms with Gasteiger partial charge in [0.2, 0.25) is 22.4 Å². The van der Waals surface area contributed by atoms with Gasteiger partial charge in [-0.1, -0.05) is 23.8 Å². The van der Waals surface area contributed by atoms with Crippen LogP contribution in [0.1, 0.15) is 5.56 Å². The van der Waals surface area contributed by atoms with Crippen LogP contribution in [0.4, 0.5) is 0 Å². The van der Waals surface area contributed by atoms with Gasteiger partial charge in [0.15, 0.2) is 0 Å². The zero-order valence-electron chi connectivity index (χ0n) is 11.7. The molecule has 0 aliphatic carbocycles. The average molecular weight is 547 g/mol. The van der Waals surface area contributed by atoms with Crippen molar-refractivity contribution in [2.24, 2.45) is 0 Å². The van der Waals surface area contributed by atoms with Crippen LogP contribution in [-0.2, 0) is 20.9 Å². The maximum absolute atomic E-state index is 12.3. The number of aryl methyl sites for hydroxylation is 1. The van der Waals surface area contributed by atoms with Crippen molar-refractivity contribution >= 4 is 68.7 Å². The molecule has 1 atom stereocenters. The summed E-state index contributed by atoms with van der Waals surface area (Å²) in [6, 6.07) is 12.9. The largest absolute Gasteiger partial charge is 0.397 e. The molecule has 2 rings (SSSR count). The standard InChI is InChI=1S/C14H11Br3O4S2/c1-10-5-7-11(8-6-10)21-22(18)12-3-2-4-13(9-12)23(19,20)14(15,16)17/h2-9H,1H3. The monoisotopic (exact) mass is 544 g/mol. The second-order valence-corrected chi connectivity index (χ2v) is 16.1. The molecule has 0 N–H and O–H groups in total. The molecule has 124 valence electrons. The summed E-state index contributed by atoms with van der Waals surface area (Å²) in [5.41, 5.74) is 1.06. The van der Waals surface area contributed by atoms with Crippen molar-refractivity contribution in [3.05, 3.63) is 54.1 Å². The number of alkyl halides is 3. The Morgan fingerprint density at radius 3 is 2.22 bits per heavy atom. The van der Waals surface area contributed by atoms with Crippen LogP contribution in [-0.4, -0.2) is 14.1 Å². The summed E-state index contributed by atoms with van der Waals surface area (Å²) in [6.45, 7) is 1.93. The van der Waals surface area contributed by atoms with Gasteiger partial charge in [-0.25, -0.2) is 12.6 Å². The van der Waals surface area contributed by atoms with Crippen molar-refractivity contribution in [2.45, 2.75) is 18.2 Å². The molecule has 0 saturated heterocycles. The van der Waals surface area contributed by atoms with Gasteiger partial charge in [-0.15, -0.1) is 0 Å². The molecule has 0 aromatic heterocycles. The lowest BCUT2D eigenvalue weighted by molar-refractivity contribution is 0.561. The van der Waals surface area contributed by atoms with Gasteiger partial charge < -0.3 is 4.18 Å². The van der Waals surface area contributed by atoms with E-state index in [-0.39, 0.29) is 9.79 Å². The summed E-state index contributed by atoms with van der Waals surface area (Å²) >= 11 is 7.17. The van der Waals surface area contributed by atoms with Gasteiger partial charge in [-0.2, -0.15) is 0 Å². The Labute approximate surface area is 162 Å². The van der Waals surface area contributed by atoms with Crippen LogP contribution in [0.5, 0.6) is 5.75 Å². The number of sulfone groups is 1. The van der Waals surface area contributed by atoms with Crippen LogP contribution in [0.15, 0.2) is 58.3 Å². The first-order valence-electron chi connectivity index (χ1n) is 6.19. The van der Waals surface area contributed by atoms with Crippen molar-refractivity contribution < 1.29 is 16.8 Å². The van der Waals surface area contributed by atoms with E-state index in [1.807, 2.05) is 19.1 Å². The Morgan fingerprint density at radius 2 is 1.65 bits per heavy atom. The first kappa shape index (κ1) is 19.1. The maximum Gasteiger partial charge on any atom is 0.240 e. The van der Waals surface area contributed by atoms with Crippen molar-refractivity contribution in [1.82, 2.24) is 0 Å². The second kappa shape index (κ2) is 7.35. The van der Waals surface area contributed by atoms with Gasteiger partial charge in [0, 0.05) is 0 Å². The molecule has 0 fully saturated rings. The van der Waals surface area contributed by atoms with Crippen LogP contribution >= 0.6 is 47.8 Å². The van der Waals surface area contributed by atoms with Crippen molar-refractivity contribution in [1.29, 1.82) is 0 Å². The highest BCUT2D eigenvalue weighted by Crippen LogP contribution is 2.43. The third kappa shape index (κ3) is 4.66. The van der Waals surface area contributed by atoms with E-state index >= 15 is 0 Å². The summed E-state index contributed by atoms with van der Waals surface area (Å²) < 4.78 is 40.8. The summed E-state index contributed by atoms with van der Waals surface area (Å²) in [6.07, 6.45) is 0. The molecule has 2 aromatic rings. The van der Waals surface area contributed by atoms with Gasteiger partial charge in [-0.05, 0) is 85.0 Å². The average Bonchev–Trinajstić information content (AvgIpc) is 2.48. The first-order valence-corrected chi connectivity index (χ1v) is 11.1. The van der Waals surface area contributed by atoms with Gasteiger partial charge in [0.05, 0.1) is 9.79 Å². The Kier molecular flexibility index (Phi) is 6.10. The molecule has 4 nitrogen and oxygen atoms in total. The lowest BCUT2D eigenvalue weighted by Crippen LogP contribution is -2.18. The number of benzene rings is 2. The summed E-state index contributed by atoms with van der Waals surface area (Å²) in [4.78, 5) is 0.255. The molecule has 1 unspecified atom stereocenters. The molecule has 0 radical (unpaired) electrons. The number of halogens is 3. The van der Waals surface area contributed by atoms with Crippen molar-refractivity contribution in [2.75, 3.05) is 0 Å². The lowest BCUT2D eigenvalue weighted by atomic mass is 10.2. The third-order valence-corrected chi connectivity index (χ3v) is 9.11. The van der Waals surface area contributed by atoms with E-state index in [1.165, 1.54) is 18.2 Å². The van der Waals surface area contributed by atoms with Crippen LogP contribution in [0.2, 0.25) is 0 Å². The molecule has 0 aliphatic heterocycles. The Morgan fingerprint density at radius 1 is 1.04 bits per heavy atom. The summed E-state index contributed by atoms with van der Waals surface area (Å²) in [5.74, 6) is 0.443. The minimum atomic E-state index is -3.75. The van der Waals surface area contributed by atoms with E-state index in [0.29, 0.717) is 5.75 Å². The predicted octanol–water partition coefficient (Wildman–Crippen LogP) is 4.67. The molecule has 9 heteroatoms. The normalized spacial score (nSPS) is 13.6. The Bertz CT molecular complexity index is 828. The number of rotatable bonds is 4. The third-order valence-electron chi connectivity index (χ3n) is 2.81. The highest BCUT2D eigenvalue weighted by molar-refractivity contribution is 9.42. The molecule has 23 heavy (non-hydrogen) atoms. The fraction of sp³-hybridized carbons (Fsp3) is 0.143. The molecular formula is C14H11Br3O4S2. The predicted molar refractivity (Wildman–Crippen MR) is 101 cm³/mol. The van der Waals surface area contributed by atoms with Crippen LogP contribution in [0, 0.1) is 6.92 Å². The van der Waals surface area contributed by atoms with Crippen LogP contribution < -0.4 is 4.18 Å². The SMILES string of the molecule is Cc1ccc(OS(=O)c2cccc(S(=O)(=O)C(Br)(Br)Br)c2)cc1. The zero-order valence-corrected chi connectivity index (χ0v) is 18.1. The molecule has 0 heterocycles. The van der Waals surface area contributed by atoms with Crippen LogP contribution in [0.3, 0.4) is 0 Å². The molecular weight excluding hydrogens is 536 g/mol. The Hall–Kier alpha value is -0.220. The zero-order chi connectivity index (χ0) is 17.3. The minimum Gasteiger partial charge on any atom is -0.397 e. The summed E-state index contributed by atoms with van der Waals surface area (Å²) in [7, 11) is -3.75. The van der Waals surface area contributed by atoms with Crippen LogP contribution in [0.25, 0.3) is 0 Å². The van der Waals surface area contributed by atoms with E-state index in [4.69, 9.17) is 4.18 Å². The van der Waals surface area contributed by atoms with Gasteiger partial charge >= 0.3 is 0 Å². The van der Waals surface area contributed by atoms with E-state index in [1.54, 1.807) is 18.2 Å². The molecule has 0 amide bonds. The van der Waals surface area contributed by atoms with Gasteiger partial charge in [0.1, 0.15) is 5.75 Å². The highest BCUT2D eigenvalue weighted by Gasteiger charge is 2.37. The van der Waals surface area contributed by atoms with Crippen molar-refractivity contribution in [3.63, 3.8) is 0 Å². The fourth-order valence-corrected chi connectivity index (χ4v) is 4.97. The number of hydrogen-bond donors (Lipinski definition) is 0. The lowest BCUT2D eigenvalue weighted by Gasteiger charge is -2.14. The topological polar surface area (TPSA) is 60.4 Å². The highest BCUT2D eigenvalue weighted by atomic mass is 80.0. The number of hydrogen-bond acceptors (Lipinski definition) is 4. The molecule has 0 spiro atoms. The molecule has 0 saturated carbocycles. The first-order chi connectivity index (χ1) is 10.6. The van der Waals surface area contributed by atoms with E-state index in [2.05, 4.69) is 47.8 Å². The van der Waals surface area contributed by atoms with E-state index in [9.17, 15) is 12.6 Å². The summed E-state index contributed by atoms with van der Waals surface area (Å²) in [5, 5.41) is 0. The van der Waals surface area contributed by atoms with Crippen molar-refractivity contribution in [3.8, 4) is 5.75 Å². The maximum atomic E-state index is 12.3. The minimum absolute atomic E-state index is 0.00137. The fourth-order valence-electron chi connectivity index (χ4n) is 1.61. The van der Waals surface area contributed by atoms with E-state index < -0.39 is 22.4 Å². The van der Waals surface area contributed by atoms with E-state index in [0.717, 1.165) is 5.56 Å². The van der Waals surface area contributed by atoms with Gasteiger partial charge in [-0.3, -0.25) is 0 Å². The molecule has 0 aliphatic rings. The smallest absolute Gasteiger partial charge is 0.240 e. The quantitative estimate of drug-likeness (QED) is 0.523. The molecule has 0 bridgehead atoms. The van der Waals surface area contributed by atoms with Gasteiger partial charge in [0.25, 0.3) is 0 Å². The Balaban J connectivity index is 2.29.